The third-order valence-electron chi connectivity index (χ3n) is 1.76. The Morgan fingerprint density at radius 1 is 1.40 bits per heavy atom. The molecule has 1 N–H and O–H groups in total. The molecule has 2 heterocycles. The number of hydrogen-bond acceptors (Lipinski definition) is 5. The minimum atomic E-state index is -0.984. The summed E-state index contributed by atoms with van der Waals surface area (Å²) in [5, 5.41) is 18.0. The number of aromatic nitrogens is 3. The van der Waals surface area contributed by atoms with Crippen LogP contribution in [0.15, 0.2) is 18.3 Å². The van der Waals surface area contributed by atoms with E-state index in [1.807, 2.05) is 6.92 Å². The number of hydrogen-bond donors (Lipinski definition) is 1. The molecule has 15 heavy (non-hydrogen) atoms. The van der Waals surface area contributed by atoms with Crippen molar-refractivity contribution < 1.29 is 9.90 Å². The minimum absolute atomic E-state index is 0.167. The Morgan fingerprint density at radius 2 is 2.20 bits per heavy atom. The summed E-state index contributed by atoms with van der Waals surface area (Å²) in [4.78, 5) is 14.6. The summed E-state index contributed by atoms with van der Waals surface area (Å²) in [5.74, 6) is -0.984. The number of nitrogens with zero attached hydrogens (tertiary/aromatic N) is 3. The van der Waals surface area contributed by atoms with E-state index < -0.39 is 5.97 Å². The number of carboxylic acids is 1. The number of rotatable bonds is 2. The zero-order valence-electron chi connectivity index (χ0n) is 7.84. The number of carboxylic acid groups (broad SMARTS) is 1. The summed E-state index contributed by atoms with van der Waals surface area (Å²) >= 11 is 1.42. The van der Waals surface area contributed by atoms with E-state index in [9.17, 15) is 4.79 Å². The summed E-state index contributed by atoms with van der Waals surface area (Å²) in [7, 11) is 0. The Hall–Kier alpha value is -1.82. The molecule has 0 saturated carbocycles. The lowest BCUT2D eigenvalue weighted by Crippen LogP contribution is -1.96. The maximum Gasteiger partial charge on any atom is 0.337 e. The van der Waals surface area contributed by atoms with Crippen molar-refractivity contribution in [1.29, 1.82) is 0 Å². The molecule has 0 aliphatic carbocycles. The summed E-state index contributed by atoms with van der Waals surface area (Å²) in [5.41, 5.74) is 0.811. The van der Waals surface area contributed by atoms with Gasteiger partial charge in [-0.2, -0.15) is 0 Å². The Balaban J connectivity index is 2.35. The van der Waals surface area contributed by atoms with Gasteiger partial charge >= 0.3 is 5.97 Å². The standard InChI is InChI=1S/C9H7N3O2S/c1-5-11-12-8(15-5)7-3-2-6(4-10-7)9(13)14/h2-4H,1H3,(H,13,14). The molecule has 0 amide bonds. The average molecular weight is 221 g/mol. The summed E-state index contributed by atoms with van der Waals surface area (Å²) in [6.45, 7) is 1.85. The molecule has 2 aromatic rings. The Morgan fingerprint density at radius 3 is 2.67 bits per heavy atom. The van der Waals surface area contributed by atoms with Gasteiger partial charge in [-0.1, -0.05) is 11.3 Å². The fourth-order valence-corrected chi connectivity index (χ4v) is 1.72. The van der Waals surface area contributed by atoms with Gasteiger partial charge in [0.1, 0.15) is 10.7 Å². The molecule has 2 aromatic heterocycles. The van der Waals surface area contributed by atoms with Crippen molar-refractivity contribution in [2.75, 3.05) is 0 Å². The molecule has 0 spiro atoms. The van der Waals surface area contributed by atoms with Crippen molar-refractivity contribution in [3.63, 3.8) is 0 Å². The molecule has 0 atom stereocenters. The first-order valence-corrected chi connectivity index (χ1v) is 4.98. The Kier molecular flexibility index (Phi) is 2.42. The second-order valence-electron chi connectivity index (χ2n) is 2.86. The van der Waals surface area contributed by atoms with Crippen molar-refractivity contribution in [2.24, 2.45) is 0 Å². The van der Waals surface area contributed by atoms with Gasteiger partial charge in [0, 0.05) is 6.20 Å². The van der Waals surface area contributed by atoms with Crippen LogP contribution in [0.2, 0.25) is 0 Å². The van der Waals surface area contributed by atoms with Gasteiger partial charge in [0.2, 0.25) is 0 Å². The van der Waals surface area contributed by atoms with Gasteiger partial charge in [-0.25, -0.2) is 4.79 Å². The van der Waals surface area contributed by atoms with Crippen molar-refractivity contribution in [3.8, 4) is 10.7 Å². The highest BCUT2D eigenvalue weighted by Crippen LogP contribution is 2.20. The summed E-state index contributed by atoms with van der Waals surface area (Å²) in [6.07, 6.45) is 1.31. The normalized spacial score (nSPS) is 10.2. The van der Waals surface area contributed by atoms with Gasteiger partial charge in [0.25, 0.3) is 0 Å². The van der Waals surface area contributed by atoms with Gasteiger partial charge in [-0.05, 0) is 19.1 Å². The topological polar surface area (TPSA) is 76.0 Å². The Labute approximate surface area is 89.4 Å². The Bertz CT molecular complexity index is 492. The SMILES string of the molecule is Cc1nnc(-c2ccc(C(=O)O)cn2)s1. The van der Waals surface area contributed by atoms with Crippen molar-refractivity contribution in [3.05, 3.63) is 28.9 Å². The molecule has 0 aromatic carbocycles. The van der Waals surface area contributed by atoms with E-state index >= 15 is 0 Å². The van der Waals surface area contributed by atoms with Gasteiger partial charge in [0.15, 0.2) is 5.01 Å². The van der Waals surface area contributed by atoms with Gasteiger partial charge in [-0.15, -0.1) is 10.2 Å². The highest BCUT2D eigenvalue weighted by atomic mass is 32.1. The second-order valence-corrected chi connectivity index (χ2v) is 4.05. The molecule has 5 nitrogen and oxygen atoms in total. The molecule has 0 bridgehead atoms. The lowest BCUT2D eigenvalue weighted by Gasteiger charge is -1.95. The van der Waals surface area contributed by atoms with Crippen LogP contribution in [0.3, 0.4) is 0 Å². The van der Waals surface area contributed by atoms with E-state index in [0.29, 0.717) is 10.7 Å². The fourth-order valence-electron chi connectivity index (χ4n) is 1.05. The van der Waals surface area contributed by atoms with Crippen LogP contribution in [0.5, 0.6) is 0 Å². The minimum Gasteiger partial charge on any atom is -0.478 e. The van der Waals surface area contributed by atoms with E-state index in [1.54, 1.807) is 6.07 Å². The zero-order valence-corrected chi connectivity index (χ0v) is 8.65. The van der Waals surface area contributed by atoms with E-state index in [0.717, 1.165) is 5.01 Å². The van der Waals surface area contributed by atoms with Crippen LogP contribution in [0.25, 0.3) is 10.7 Å². The molecule has 0 saturated heterocycles. The highest BCUT2D eigenvalue weighted by molar-refractivity contribution is 7.14. The quantitative estimate of drug-likeness (QED) is 0.833. The first-order valence-electron chi connectivity index (χ1n) is 4.16. The molecule has 0 unspecified atom stereocenters. The van der Waals surface area contributed by atoms with Crippen LogP contribution in [-0.2, 0) is 0 Å². The van der Waals surface area contributed by atoms with Crippen LogP contribution >= 0.6 is 11.3 Å². The number of carbonyl (C=O) groups is 1. The average Bonchev–Trinajstić information content (AvgIpc) is 2.65. The molecule has 0 aliphatic rings. The highest BCUT2D eigenvalue weighted by Gasteiger charge is 2.07. The molecule has 0 radical (unpaired) electrons. The van der Waals surface area contributed by atoms with Crippen LogP contribution in [-0.4, -0.2) is 26.3 Å². The van der Waals surface area contributed by atoms with E-state index in [4.69, 9.17) is 5.11 Å². The number of pyridine rings is 1. The third-order valence-corrected chi connectivity index (χ3v) is 2.62. The largest absolute Gasteiger partial charge is 0.478 e. The van der Waals surface area contributed by atoms with E-state index in [2.05, 4.69) is 15.2 Å². The maximum atomic E-state index is 10.6. The molecule has 0 fully saturated rings. The van der Waals surface area contributed by atoms with Crippen molar-refractivity contribution in [1.82, 2.24) is 15.2 Å². The predicted molar refractivity (Wildman–Crippen MR) is 54.8 cm³/mol. The zero-order chi connectivity index (χ0) is 10.8. The van der Waals surface area contributed by atoms with Gasteiger partial charge in [0.05, 0.1) is 5.56 Å². The summed E-state index contributed by atoms with van der Waals surface area (Å²) < 4.78 is 0. The fraction of sp³-hybridized carbons (Fsp3) is 0.111. The van der Waals surface area contributed by atoms with Crippen LogP contribution in [0, 0.1) is 6.92 Å². The van der Waals surface area contributed by atoms with Crippen LogP contribution in [0.4, 0.5) is 0 Å². The summed E-state index contributed by atoms with van der Waals surface area (Å²) in [6, 6.07) is 3.13. The number of aromatic carboxylic acids is 1. The third kappa shape index (κ3) is 1.99. The van der Waals surface area contributed by atoms with Gasteiger partial charge in [-0.3, -0.25) is 4.98 Å². The van der Waals surface area contributed by atoms with Crippen LogP contribution < -0.4 is 0 Å². The monoisotopic (exact) mass is 221 g/mol. The van der Waals surface area contributed by atoms with Crippen LogP contribution in [0.1, 0.15) is 15.4 Å². The van der Waals surface area contributed by atoms with Gasteiger partial charge < -0.3 is 5.11 Å². The van der Waals surface area contributed by atoms with Crippen molar-refractivity contribution >= 4 is 17.3 Å². The van der Waals surface area contributed by atoms with Crippen molar-refractivity contribution in [2.45, 2.75) is 6.92 Å². The lowest BCUT2D eigenvalue weighted by molar-refractivity contribution is 0.0696. The molecule has 6 heteroatoms. The second kappa shape index (κ2) is 3.74. The lowest BCUT2D eigenvalue weighted by atomic mass is 10.2. The molecular formula is C9H7N3O2S. The molecule has 0 aliphatic heterocycles. The molecule has 2 rings (SSSR count). The predicted octanol–water partition coefficient (Wildman–Crippen LogP) is 1.61. The molecule has 76 valence electrons. The maximum absolute atomic E-state index is 10.6. The molecular weight excluding hydrogens is 214 g/mol. The van der Waals surface area contributed by atoms with E-state index in [1.165, 1.54) is 23.6 Å². The smallest absolute Gasteiger partial charge is 0.337 e. The first-order chi connectivity index (χ1) is 7.16. The first kappa shape index (κ1) is 9.72. The number of aryl methyl sites for hydroxylation is 1. The van der Waals surface area contributed by atoms with E-state index in [-0.39, 0.29) is 5.56 Å².